The summed E-state index contributed by atoms with van der Waals surface area (Å²) in [5.41, 5.74) is 3.13. The fourth-order valence-electron chi connectivity index (χ4n) is 2.63. The van der Waals surface area contributed by atoms with E-state index in [1.165, 1.54) is 7.11 Å². The van der Waals surface area contributed by atoms with E-state index < -0.39 is 0 Å². The van der Waals surface area contributed by atoms with Crippen LogP contribution >= 0.6 is 0 Å². The number of fused-ring (bicyclic) bond motifs is 1. The second-order valence-corrected chi connectivity index (χ2v) is 5.40. The molecule has 0 aliphatic rings. The highest BCUT2D eigenvalue weighted by Crippen LogP contribution is 2.29. The fraction of sp³-hybridized carbons (Fsp3) is 0.0526. The van der Waals surface area contributed by atoms with Crippen molar-refractivity contribution in [3.8, 4) is 28.5 Å². The first-order valence-corrected chi connectivity index (χ1v) is 7.73. The number of nitrogens with zero attached hydrogens (tertiary/aromatic N) is 3. The highest BCUT2D eigenvalue weighted by atomic mass is 16.5. The number of benzene rings is 2. The molecule has 0 fully saturated rings. The molecular weight excluding hydrogens is 316 g/mol. The van der Waals surface area contributed by atoms with Crippen LogP contribution in [0.2, 0.25) is 0 Å². The Morgan fingerprint density at radius 1 is 0.800 bits per heavy atom. The summed E-state index contributed by atoms with van der Waals surface area (Å²) in [5, 5.41) is 0. The van der Waals surface area contributed by atoms with Crippen molar-refractivity contribution in [2.45, 2.75) is 0 Å². The molecular formula is C19H14N4O2. The molecule has 0 radical (unpaired) electrons. The molecule has 6 nitrogen and oxygen atoms in total. The van der Waals surface area contributed by atoms with Gasteiger partial charge < -0.3 is 4.74 Å². The Morgan fingerprint density at radius 2 is 1.36 bits per heavy atom. The van der Waals surface area contributed by atoms with Gasteiger partial charge in [-0.25, -0.2) is 9.97 Å². The average molecular weight is 330 g/mol. The van der Waals surface area contributed by atoms with E-state index >= 15 is 0 Å². The minimum atomic E-state index is -0.383. The van der Waals surface area contributed by atoms with Crippen molar-refractivity contribution in [1.29, 1.82) is 0 Å². The molecule has 122 valence electrons. The summed E-state index contributed by atoms with van der Waals surface area (Å²) in [6, 6.07) is 19.5. The second-order valence-electron chi connectivity index (χ2n) is 5.40. The van der Waals surface area contributed by atoms with Gasteiger partial charge in [0.05, 0.1) is 18.5 Å². The van der Waals surface area contributed by atoms with E-state index in [1.807, 2.05) is 60.7 Å². The number of aromatic amines is 1. The van der Waals surface area contributed by atoms with Gasteiger partial charge in [0.1, 0.15) is 0 Å². The third-order valence-corrected chi connectivity index (χ3v) is 3.81. The van der Waals surface area contributed by atoms with Crippen LogP contribution in [0, 0.1) is 0 Å². The van der Waals surface area contributed by atoms with Crippen molar-refractivity contribution in [1.82, 2.24) is 19.9 Å². The van der Waals surface area contributed by atoms with Crippen LogP contribution in [0.1, 0.15) is 0 Å². The van der Waals surface area contributed by atoms with Crippen LogP contribution < -0.4 is 10.3 Å². The highest BCUT2D eigenvalue weighted by Gasteiger charge is 2.16. The molecule has 0 aliphatic carbocycles. The quantitative estimate of drug-likeness (QED) is 0.624. The Morgan fingerprint density at radius 3 is 1.92 bits per heavy atom. The first kappa shape index (κ1) is 15.0. The van der Waals surface area contributed by atoms with Crippen molar-refractivity contribution < 1.29 is 4.74 Å². The summed E-state index contributed by atoms with van der Waals surface area (Å²) in [5.74, 6) is 0. The Hall–Kier alpha value is -3.54. The number of rotatable bonds is 3. The molecule has 0 saturated heterocycles. The van der Waals surface area contributed by atoms with Gasteiger partial charge in [0.15, 0.2) is 11.2 Å². The zero-order chi connectivity index (χ0) is 17.2. The van der Waals surface area contributed by atoms with E-state index in [0.29, 0.717) is 11.4 Å². The lowest BCUT2D eigenvalue weighted by Gasteiger charge is -2.10. The summed E-state index contributed by atoms with van der Waals surface area (Å²) < 4.78 is 5.03. The first-order valence-electron chi connectivity index (χ1n) is 7.73. The molecule has 4 aromatic rings. The van der Waals surface area contributed by atoms with Gasteiger partial charge in [-0.15, -0.1) is 0 Å². The molecule has 6 heteroatoms. The maximum Gasteiger partial charge on any atom is 0.298 e. The molecule has 0 spiro atoms. The number of methoxy groups -OCH3 is 1. The van der Waals surface area contributed by atoms with Crippen molar-refractivity contribution in [3.05, 3.63) is 71.0 Å². The summed E-state index contributed by atoms with van der Waals surface area (Å²) in [6.07, 6.45) is 0. The van der Waals surface area contributed by atoms with E-state index in [4.69, 9.17) is 4.74 Å². The smallest absolute Gasteiger partial charge is 0.298 e. The summed E-state index contributed by atoms with van der Waals surface area (Å²) in [6.45, 7) is 0. The first-order chi connectivity index (χ1) is 12.3. The molecule has 2 aromatic carbocycles. The lowest BCUT2D eigenvalue weighted by Crippen LogP contribution is -2.13. The van der Waals surface area contributed by atoms with Crippen molar-refractivity contribution in [2.24, 2.45) is 0 Å². The summed E-state index contributed by atoms with van der Waals surface area (Å²) >= 11 is 0. The number of H-pyrrole nitrogens is 1. The molecule has 0 bridgehead atoms. The second kappa shape index (κ2) is 6.16. The van der Waals surface area contributed by atoms with Gasteiger partial charge in [-0.3, -0.25) is 9.78 Å². The van der Waals surface area contributed by atoms with Crippen LogP contribution in [0.15, 0.2) is 65.5 Å². The summed E-state index contributed by atoms with van der Waals surface area (Å²) in [7, 11) is 1.44. The van der Waals surface area contributed by atoms with Crippen LogP contribution in [-0.2, 0) is 0 Å². The van der Waals surface area contributed by atoms with Crippen LogP contribution in [-0.4, -0.2) is 27.0 Å². The highest BCUT2D eigenvalue weighted by molar-refractivity contribution is 5.84. The van der Waals surface area contributed by atoms with E-state index in [-0.39, 0.29) is 22.7 Å². The maximum absolute atomic E-state index is 12.3. The molecule has 0 amide bonds. The lowest BCUT2D eigenvalue weighted by atomic mass is 10.0. The Kier molecular flexibility index (Phi) is 3.70. The Bertz CT molecular complexity index is 1090. The molecule has 2 aromatic heterocycles. The molecule has 2 heterocycles. The van der Waals surface area contributed by atoms with Crippen molar-refractivity contribution in [3.63, 3.8) is 0 Å². The predicted octanol–water partition coefficient (Wildman–Crippen LogP) is 3.06. The number of hydrogen-bond donors (Lipinski definition) is 1. The van der Waals surface area contributed by atoms with Gasteiger partial charge in [-0.2, -0.15) is 4.98 Å². The van der Waals surface area contributed by atoms with Gasteiger partial charge in [-0.05, 0) is 0 Å². The summed E-state index contributed by atoms with van der Waals surface area (Å²) in [4.78, 5) is 28.3. The van der Waals surface area contributed by atoms with E-state index in [1.54, 1.807) is 0 Å². The van der Waals surface area contributed by atoms with Gasteiger partial charge in [0.2, 0.25) is 0 Å². The number of aromatic nitrogens is 4. The maximum atomic E-state index is 12.3. The zero-order valence-corrected chi connectivity index (χ0v) is 13.4. The van der Waals surface area contributed by atoms with E-state index in [9.17, 15) is 4.79 Å². The van der Waals surface area contributed by atoms with Gasteiger partial charge >= 0.3 is 0 Å². The molecule has 0 atom stereocenters. The Balaban J connectivity index is 2.08. The minimum absolute atomic E-state index is 0.110. The normalized spacial score (nSPS) is 10.8. The molecule has 0 aliphatic heterocycles. The topological polar surface area (TPSA) is 80.8 Å². The SMILES string of the molecule is COc1nc2nc(-c3ccccc3)c(-c3ccccc3)nc2c(=O)[nH]1. The number of nitrogens with one attached hydrogen (secondary N) is 1. The minimum Gasteiger partial charge on any atom is -0.468 e. The monoisotopic (exact) mass is 330 g/mol. The average Bonchev–Trinajstić information content (AvgIpc) is 2.68. The molecule has 4 rings (SSSR count). The van der Waals surface area contributed by atoms with E-state index in [2.05, 4.69) is 19.9 Å². The van der Waals surface area contributed by atoms with Gasteiger partial charge in [-0.1, -0.05) is 60.7 Å². The molecule has 25 heavy (non-hydrogen) atoms. The lowest BCUT2D eigenvalue weighted by molar-refractivity contribution is 0.380. The van der Waals surface area contributed by atoms with Crippen LogP contribution in [0.5, 0.6) is 6.01 Å². The standard InChI is InChI=1S/C19H14N4O2/c1-25-19-22-17-16(18(24)23-19)20-14(12-8-4-2-5-9-12)15(21-17)13-10-6-3-7-11-13/h2-11H,1H3,(H,21,22,23,24). The van der Waals surface area contributed by atoms with Crippen LogP contribution in [0.25, 0.3) is 33.7 Å². The molecule has 0 unspecified atom stereocenters. The van der Waals surface area contributed by atoms with Gasteiger partial charge in [0.25, 0.3) is 11.6 Å². The van der Waals surface area contributed by atoms with Gasteiger partial charge in [0, 0.05) is 11.1 Å². The number of hydrogen-bond acceptors (Lipinski definition) is 5. The van der Waals surface area contributed by atoms with Crippen molar-refractivity contribution >= 4 is 11.2 Å². The number of ether oxygens (including phenoxy) is 1. The van der Waals surface area contributed by atoms with Crippen molar-refractivity contribution in [2.75, 3.05) is 7.11 Å². The van der Waals surface area contributed by atoms with Crippen LogP contribution in [0.3, 0.4) is 0 Å². The van der Waals surface area contributed by atoms with E-state index in [0.717, 1.165) is 11.1 Å². The zero-order valence-electron chi connectivity index (χ0n) is 13.4. The third-order valence-electron chi connectivity index (χ3n) is 3.81. The van der Waals surface area contributed by atoms with Crippen LogP contribution in [0.4, 0.5) is 0 Å². The predicted molar refractivity (Wildman–Crippen MR) is 95.4 cm³/mol. The third kappa shape index (κ3) is 2.74. The molecule has 1 N–H and O–H groups in total. The fourth-order valence-corrected chi connectivity index (χ4v) is 2.63. The Labute approximate surface area is 143 Å². The molecule has 0 saturated carbocycles. The largest absolute Gasteiger partial charge is 0.468 e.